The molecule has 0 aliphatic rings. The maximum Gasteiger partial charge on any atom is 0.161 e. The molecule has 0 heterocycles. The van der Waals surface area contributed by atoms with E-state index in [4.69, 9.17) is 20.0 Å². The number of allylic oxidation sites excluding steroid dienone is 1. The molecule has 5 heteroatoms. The van der Waals surface area contributed by atoms with Crippen molar-refractivity contribution in [2.24, 2.45) is 0 Å². The number of benzene rings is 2. The summed E-state index contributed by atoms with van der Waals surface area (Å²) < 4.78 is 12.1. The second-order valence-electron chi connectivity index (χ2n) is 4.61. The minimum atomic E-state index is 0.0369. The van der Waals surface area contributed by atoms with E-state index in [1.54, 1.807) is 25.3 Å². The van der Waals surface area contributed by atoms with Crippen LogP contribution in [0.25, 0.3) is 6.08 Å². The number of methoxy groups -OCH3 is 1. The van der Waals surface area contributed by atoms with Gasteiger partial charge >= 0.3 is 0 Å². The minimum Gasteiger partial charge on any atom is -0.493 e. The fourth-order valence-corrected chi connectivity index (χ4v) is 2.38. The second kappa shape index (κ2) is 8.03. The van der Waals surface area contributed by atoms with E-state index in [2.05, 4.69) is 15.9 Å². The Morgan fingerprint density at radius 2 is 1.91 bits per heavy atom. The van der Waals surface area contributed by atoms with Gasteiger partial charge in [-0.1, -0.05) is 34.1 Å². The van der Waals surface area contributed by atoms with E-state index in [0.29, 0.717) is 23.7 Å². The Hall–Kier alpha value is -2.76. The molecule has 0 amide bonds. The van der Waals surface area contributed by atoms with Crippen molar-refractivity contribution in [1.29, 1.82) is 10.5 Å². The highest BCUT2D eigenvalue weighted by Gasteiger charge is 2.06. The molecule has 0 aromatic heterocycles. The molecule has 2 rings (SSSR count). The molecule has 0 radical (unpaired) electrons. The highest BCUT2D eigenvalue weighted by Crippen LogP contribution is 2.29. The van der Waals surface area contributed by atoms with Gasteiger partial charge in [0, 0.05) is 4.47 Å². The average Bonchev–Trinajstić information content (AvgIpc) is 2.58. The summed E-state index contributed by atoms with van der Waals surface area (Å²) in [6, 6.07) is 16.8. The van der Waals surface area contributed by atoms with Crippen LogP contribution in [0.4, 0.5) is 0 Å². The van der Waals surface area contributed by atoms with Crippen LogP contribution in [0.2, 0.25) is 0 Å². The highest BCUT2D eigenvalue weighted by molar-refractivity contribution is 9.10. The summed E-state index contributed by atoms with van der Waals surface area (Å²) >= 11 is 3.42. The van der Waals surface area contributed by atoms with E-state index in [-0.39, 0.29) is 5.57 Å². The summed E-state index contributed by atoms with van der Waals surface area (Å²) in [4.78, 5) is 0. The van der Waals surface area contributed by atoms with E-state index in [1.807, 2.05) is 36.4 Å². The van der Waals surface area contributed by atoms with E-state index < -0.39 is 0 Å². The molecule has 114 valence electrons. The Morgan fingerprint density at radius 3 is 2.57 bits per heavy atom. The van der Waals surface area contributed by atoms with Crippen molar-refractivity contribution >= 4 is 22.0 Å². The first-order valence-electron chi connectivity index (χ1n) is 6.73. The van der Waals surface area contributed by atoms with Gasteiger partial charge in [0.05, 0.1) is 7.11 Å². The van der Waals surface area contributed by atoms with Gasteiger partial charge in [0.1, 0.15) is 24.3 Å². The van der Waals surface area contributed by atoms with Gasteiger partial charge in [0.15, 0.2) is 11.5 Å². The maximum absolute atomic E-state index is 8.80. The first kappa shape index (κ1) is 16.6. The zero-order valence-electron chi connectivity index (χ0n) is 12.4. The smallest absolute Gasteiger partial charge is 0.161 e. The van der Waals surface area contributed by atoms with Gasteiger partial charge in [0.25, 0.3) is 0 Å². The van der Waals surface area contributed by atoms with Crippen molar-refractivity contribution in [3.05, 3.63) is 63.6 Å². The Bertz CT molecular complexity index is 801. The van der Waals surface area contributed by atoms with Crippen molar-refractivity contribution in [1.82, 2.24) is 0 Å². The lowest BCUT2D eigenvalue weighted by Gasteiger charge is -2.11. The van der Waals surface area contributed by atoms with Crippen molar-refractivity contribution in [3.8, 4) is 23.6 Å². The van der Waals surface area contributed by atoms with Gasteiger partial charge in [-0.25, -0.2) is 0 Å². The van der Waals surface area contributed by atoms with E-state index >= 15 is 0 Å². The van der Waals surface area contributed by atoms with Crippen molar-refractivity contribution in [2.75, 3.05) is 7.11 Å². The van der Waals surface area contributed by atoms with E-state index in [1.165, 1.54) is 6.08 Å². The maximum atomic E-state index is 8.80. The zero-order chi connectivity index (χ0) is 16.7. The molecular formula is C18H13BrN2O2. The van der Waals surface area contributed by atoms with Crippen molar-refractivity contribution in [2.45, 2.75) is 6.61 Å². The van der Waals surface area contributed by atoms with Crippen LogP contribution in [0.15, 0.2) is 52.5 Å². The number of hydrogen-bond donors (Lipinski definition) is 0. The number of nitrogens with zero attached hydrogens (tertiary/aromatic N) is 2. The molecular weight excluding hydrogens is 356 g/mol. The van der Waals surface area contributed by atoms with Crippen LogP contribution in [-0.4, -0.2) is 7.11 Å². The van der Waals surface area contributed by atoms with E-state index in [0.717, 1.165) is 10.0 Å². The molecule has 23 heavy (non-hydrogen) atoms. The second-order valence-corrected chi connectivity index (χ2v) is 5.53. The molecule has 0 saturated heterocycles. The largest absolute Gasteiger partial charge is 0.493 e. The van der Waals surface area contributed by atoms with Gasteiger partial charge in [0.2, 0.25) is 0 Å². The quantitative estimate of drug-likeness (QED) is 0.730. The Balaban J connectivity index is 2.19. The first-order chi connectivity index (χ1) is 11.2. The fraction of sp³-hybridized carbons (Fsp3) is 0.111. The lowest BCUT2D eigenvalue weighted by molar-refractivity contribution is 0.284. The lowest BCUT2D eigenvalue weighted by Crippen LogP contribution is -1.98. The minimum absolute atomic E-state index is 0.0369. The van der Waals surface area contributed by atoms with Crippen LogP contribution in [0.5, 0.6) is 11.5 Å². The van der Waals surface area contributed by atoms with Gasteiger partial charge in [-0.2, -0.15) is 10.5 Å². The third-order valence-corrected chi connectivity index (χ3v) is 3.52. The first-order valence-corrected chi connectivity index (χ1v) is 7.52. The zero-order valence-corrected chi connectivity index (χ0v) is 14.0. The molecule has 0 aliphatic heterocycles. The Kier molecular flexibility index (Phi) is 5.80. The SMILES string of the molecule is COc1cc(C=C(C#N)C#N)ccc1OCc1cccc(Br)c1. The van der Waals surface area contributed by atoms with Crippen LogP contribution in [0.3, 0.4) is 0 Å². The third kappa shape index (κ3) is 4.60. The van der Waals surface area contributed by atoms with Crippen LogP contribution in [0, 0.1) is 22.7 Å². The fourth-order valence-electron chi connectivity index (χ4n) is 1.94. The van der Waals surface area contributed by atoms with E-state index in [9.17, 15) is 0 Å². The normalized spacial score (nSPS) is 9.39. The predicted octanol–water partition coefficient (Wildman–Crippen LogP) is 4.47. The van der Waals surface area contributed by atoms with Gasteiger partial charge in [-0.05, 0) is 41.5 Å². The van der Waals surface area contributed by atoms with Crippen molar-refractivity contribution < 1.29 is 9.47 Å². The predicted molar refractivity (Wildman–Crippen MR) is 90.7 cm³/mol. The molecule has 0 aliphatic carbocycles. The molecule has 0 unspecified atom stereocenters. The lowest BCUT2D eigenvalue weighted by atomic mass is 10.1. The van der Waals surface area contributed by atoms with Crippen LogP contribution in [-0.2, 0) is 6.61 Å². The number of rotatable bonds is 5. The summed E-state index contributed by atoms with van der Waals surface area (Å²) in [5.74, 6) is 1.14. The molecule has 2 aromatic carbocycles. The number of halogens is 1. The van der Waals surface area contributed by atoms with Gasteiger partial charge < -0.3 is 9.47 Å². The van der Waals surface area contributed by atoms with Crippen molar-refractivity contribution in [3.63, 3.8) is 0 Å². The average molecular weight is 369 g/mol. The summed E-state index contributed by atoms with van der Waals surface area (Å²) in [5, 5.41) is 17.6. The van der Waals surface area contributed by atoms with Gasteiger partial charge in [-0.3, -0.25) is 0 Å². The molecule has 4 nitrogen and oxygen atoms in total. The number of nitriles is 2. The highest BCUT2D eigenvalue weighted by atomic mass is 79.9. The third-order valence-electron chi connectivity index (χ3n) is 3.02. The summed E-state index contributed by atoms with van der Waals surface area (Å²) in [7, 11) is 1.55. The Labute approximate surface area is 143 Å². The summed E-state index contributed by atoms with van der Waals surface area (Å²) in [6.07, 6.45) is 1.50. The van der Waals surface area contributed by atoms with Gasteiger partial charge in [-0.15, -0.1) is 0 Å². The van der Waals surface area contributed by atoms with Crippen LogP contribution in [0.1, 0.15) is 11.1 Å². The number of ether oxygens (including phenoxy) is 2. The number of hydrogen-bond acceptors (Lipinski definition) is 4. The Morgan fingerprint density at radius 1 is 1.13 bits per heavy atom. The molecule has 0 bridgehead atoms. The topological polar surface area (TPSA) is 66.0 Å². The molecule has 0 N–H and O–H groups in total. The van der Waals surface area contributed by atoms with Crippen LogP contribution < -0.4 is 9.47 Å². The molecule has 2 aromatic rings. The monoisotopic (exact) mass is 368 g/mol. The molecule has 0 fully saturated rings. The molecule has 0 atom stereocenters. The summed E-state index contributed by atoms with van der Waals surface area (Å²) in [5.41, 5.74) is 1.77. The molecule has 0 spiro atoms. The molecule has 0 saturated carbocycles. The standard InChI is InChI=1S/C18H13BrN2O2/c1-22-18-9-13(7-15(10-20)11-21)5-6-17(18)23-12-14-3-2-4-16(19)8-14/h2-9H,12H2,1H3. The van der Waals surface area contributed by atoms with Crippen LogP contribution >= 0.6 is 15.9 Å². The summed E-state index contributed by atoms with van der Waals surface area (Å²) in [6.45, 7) is 0.409.